The Hall–Kier alpha value is -2.35. The van der Waals surface area contributed by atoms with Crippen molar-refractivity contribution in [3.63, 3.8) is 0 Å². The van der Waals surface area contributed by atoms with Crippen molar-refractivity contribution in [2.45, 2.75) is 0 Å². The van der Waals surface area contributed by atoms with Crippen LogP contribution in [0.25, 0.3) is 6.08 Å². The van der Waals surface area contributed by atoms with Crippen molar-refractivity contribution in [3.8, 4) is 5.75 Å². The monoisotopic (exact) mass is 223 g/mol. The summed E-state index contributed by atoms with van der Waals surface area (Å²) in [5, 5.41) is 9.26. The van der Waals surface area contributed by atoms with E-state index in [0.29, 0.717) is 0 Å². The number of hydrogen-bond acceptors (Lipinski definition) is 2. The Morgan fingerprint density at radius 1 is 0.941 bits per heavy atom. The van der Waals surface area contributed by atoms with Gasteiger partial charge in [-0.05, 0) is 23.8 Å². The second-order valence-electron chi connectivity index (χ2n) is 3.57. The molecular formula is C15H13NO. The number of aromatic hydroxyl groups is 1. The van der Waals surface area contributed by atoms with Crippen LogP contribution in [0.15, 0.2) is 65.7 Å². The molecule has 0 saturated heterocycles. The highest BCUT2D eigenvalue weighted by atomic mass is 16.3. The molecule has 17 heavy (non-hydrogen) atoms. The van der Waals surface area contributed by atoms with Gasteiger partial charge in [-0.3, -0.25) is 4.99 Å². The summed E-state index contributed by atoms with van der Waals surface area (Å²) in [6.07, 6.45) is 5.56. The van der Waals surface area contributed by atoms with Gasteiger partial charge in [-0.2, -0.15) is 0 Å². The first-order valence-electron chi connectivity index (χ1n) is 5.39. The van der Waals surface area contributed by atoms with Gasteiger partial charge in [0.1, 0.15) is 5.75 Å². The van der Waals surface area contributed by atoms with E-state index in [1.807, 2.05) is 48.6 Å². The van der Waals surface area contributed by atoms with E-state index >= 15 is 0 Å². The second kappa shape index (κ2) is 5.66. The molecule has 0 fully saturated rings. The molecule has 2 rings (SSSR count). The third kappa shape index (κ3) is 3.61. The molecule has 84 valence electrons. The Labute approximate surface area is 101 Å². The summed E-state index contributed by atoms with van der Waals surface area (Å²) in [4.78, 5) is 4.21. The number of aliphatic imine (C=N–C) groups is 1. The molecule has 0 radical (unpaired) electrons. The zero-order valence-electron chi connectivity index (χ0n) is 9.32. The molecule has 0 unspecified atom stereocenters. The molecule has 0 atom stereocenters. The lowest BCUT2D eigenvalue weighted by atomic mass is 10.2. The van der Waals surface area contributed by atoms with Crippen molar-refractivity contribution in [1.29, 1.82) is 0 Å². The van der Waals surface area contributed by atoms with E-state index in [1.165, 1.54) is 0 Å². The van der Waals surface area contributed by atoms with E-state index < -0.39 is 0 Å². The van der Waals surface area contributed by atoms with Crippen LogP contribution in [0.2, 0.25) is 0 Å². The highest BCUT2D eigenvalue weighted by Gasteiger charge is 1.88. The predicted octanol–water partition coefficient (Wildman–Crippen LogP) is 3.81. The van der Waals surface area contributed by atoms with Crippen LogP contribution in [0, 0.1) is 0 Å². The van der Waals surface area contributed by atoms with Crippen LogP contribution < -0.4 is 0 Å². The van der Waals surface area contributed by atoms with Crippen molar-refractivity contribution in [1.82, 2.24) is 0 Å². The minimum Gasteiger partial charge on any atom is -0.508 e. The fourth-order valence-corrected chi connectivity index (χ4v) is 1.42. The number of rotatable bonds is 3. The van der Waals surface area contributed by atoms with Gasteiger partial charge in [0.2, 0.25) is 0 Å². The molecule has 2 heteroatoms. The molecule has 1 N–H and O–H groups in total. The first-order chi connectivity index (χ1) is 8.34. The van der Waals surface area contributed by atoms with Gasteiger partial charge in [0, 0.05) is 12.3 Å². The first-order valence-corrected chi connectivity index (χ1v) is 5.39. The number of nitrogens with zero attached hydrogens (tertiary/aromatic N) is 1. The van der Waals surface area contributed by atoms with Gasteiger partial charge in [-0.15, -0.1) is 0 Å². The smallest absolute Gasteiger partial charge is 0.117 e. The maximum absolute atomic E-state index is 9.26. The molecule has 0 aliphatic heterocycles. The normalized spacial score (nSPS) is 11.3. The molecule has 2 aromatic rings. The number of allylic oxidation sites excluding steroid dienone is 1. The zero-order chi connectivity index (χ0) is 11.9. The SMILES string of the molecule is Oc1cccc(N=C/C=C/c2ccccc2)c1. The van der Waals surface area contributed by atoms with Gasteiger partial charge in [0.15, 0.2) is 0 Å². The van der Waals surface area contributed by atoms with Crippen LogP contribution in [-0.2, 0) is 0 Å². The lowest BCUT2D eigenvalue weighted by Crippen LogP contribution is -1.70. The van der Waals surface area contributed by atoms with Crippen molar-refractivity contribution < 1.29 is 5.11 Å². The summed E-state index contributed by atoms with van der Waals surface area (Å²) in [5.74, 6) is 0.228. The minimum absolute atomic E-state index is 0.228. The number of phenols is 1. The van der Waals surface area contributed by atoms with Gasteiger partial charge in [0.25, 0.3) is 0 Å². The standard InChI is InChI=1S/C15H13NO/c17-15-10-4-9-14(12-15)16-11-5-8-13-6-2-1-3-7-13/h1-12,17H/b8-5+,16-11?. The Morgan fingerprint density at radius 2 is 1.76 bits per heavy atom. The highest BCUT2D eigenvalue weighted by Crippen LogP contribution is 2.17. The minimum atomic E-state index is 0.228. The molecule has 0 saturated carbocycles. The number of benzene rings is 2. The third-order valence-electron chi connectivity index (χ3n) is 2.23. The largest absolute Gasteiger partial charge is 0.508 e. The number of phenolic OH excluding ortho intramolecular Hbond substituents is 1. The molecule has 0 amide bonds. The lowest BCUT2D eigenvalue weighted by Gasteiger charge is -1.93. The molecule has 0 aromatic heterocycles. The fraction of sp³-hybridized carbons (Fsp3) is 0. The second-order valence-corrected chi connectivity index (χ2v) is 3.57. The predicted molar refractivity (Wildman–Crippen MR) is 71.7 cm³/mol. The van der Waals surface area contributed by atoms with Crippen molar-refractivity contribution >= 4 is 18.0 Å². The Morgan fingerprint density at radius 3 is 2.53 bits per heavy atom. The van der Waals surface area contributed by atoms with Crippen molar-refractivity contribution in [3.05, 3.63) is 66.2 Å². The van der Waals surface area contributed by atoms with E-state index in [9.17, 15) is 5.11 Å². The van der Waals surface area contributed by atoms with Crippen molar-refractivity contribution in [2.24, 2.45) is 4.99 Å². The Bertz CT molecular complexity index is 530. The van der Waals surface area contributed by atoms with Crippen LogP contribution in [0.1, 0.15) is 5.56 Å². The topological polar surface area (TPSA) is 32.6 Å². The first kappa shape index (κ1) is 11.1. The van der Waals surface area contributed by atoms with Crippen LogP contribution in [0.3, 0.4) is 0 Å². The molecule has 0 spiro atoms. The third-order valence-corrected chi connectivity index (χ3v) is 2.23. The molecule has 2 aromatic carbocycles. The van der Waals surface area contributed by atoms with Crippen LogP contribution in [0.4, 0.5) is 5.69 Å². The van der Waals surface area contributed by atoms with Crippen LogP contribution >= 0.6 is 0 Å². The maximum atomic E-state index is 9.26. The molecule has 0 heterocycles. The molecule has 2 nitrogen and oxygen atoms in total. The summed E-state index contributed by atoms with van der Waals surface area (Å²) in [6.45, 7) is 0. The Balaban J connectivity index is 2.01. The molecule has 0 bridgehead atoms. The van der Waals surface area contributed by atoms with Crippen molar-refractivity contribution in [2.75, 3.05) is 0 Å². The average Bonchev–Trinajstić information content (AvgIpc) is 2.36. The van der Waals surface area contributed by atoms with Gasteiger partial charge in [0.05, 0.1) is 5.69 Å². The molecule has 0 aliphatic carbocycles. The zero-order valence-corrected chi connectivity index (χ0v) is 9.32. The maximum Gasteiger partial charge on any atom is 0.117 e. The summed E-state index contributed by atoms with van der Waals surface area (Å²) >= 11 is 0. The summed E-state index contributed by atoms with van der Waals surface area (Å²) in [6, 6.07) is 16.9. The lowest BCUT2D eigenvalue weighted by molar-refractivity contribution is 0.475. The van der Waals surface area contributed by atoms with Crippen LogP contribution in [0.5, 0.6) is 5.75 Å². The van der Waals surface area contributed by atoms with Gasteiger partial charge < -0.3 is 5.11 Å². The Kier molecular flexibility index (Phi) is 3.71. The summed E-state index contributed by atoms with van der Waals surface area (Å²) in [5.41, 5.74) is 1.87. The van der Waals surface area contributed by atoms with E-state index in [0.717, 1.165) is 11.3 Å². The quantitative estimate of drug-likeness (QED) is 0.788. The number of hydrogen-bond donors (Lipinski definition) is 1. The van der Waals surface area contributed by atoms with E-state index in [2.05, 4.69) is 4.99 Å². The molecule has 0 aliphatic rings. The van der Waals surface area contributed by atoms with Crippen LogP contribution in [-0.4, -0.2) is 11.3 Å². The van der Waals surface area contributed by atoms with Gasteiger partial charge in [-0.25, -0.2) is 0 Å². The van der Waals surface area contributed by atoms with E-state index in [1.54, 1.807) is 24.4 Å². The summed E-state index contributed by atoms with van der Waals surface area (Å²) < 4.78 is 0. The highest BCUT2D eigenvalue weighted by molar-refractivity contribution is 5.80. The van der Waals surface area contributed by atoms with Gasteiger partial charge >= 0.3 is 0 Å². The molecular weight excluding hydrogens is 210 g/mol. The average molecular weight is 223 g/mol. The van der Waals surface area contributed by atoms with E-state index in [4.69, 9.17) is 0 Å². The van der Waals surface area contributed by atoms with E-state index in [-0.39, 0.29) is 5.75 Å². The summed E-state index contributed by atoms with van der Waals surface area (Å²) in [7, 11) is 0. The van der Waals surface area contributed by atoms with Gasteiger partial charge in [-0.1, -0.05) is 42.5 Å². The fourth-order valence-electron chi connectivity index (χ4n) is 1.42.